The van der Waals surface area contributed by atoms with Gasteiger partial charge in [0.25, 0.3) is 5.91 Å². The number of hydrogen-bond acceptors (Lipinski definition) is 5. The quantitative estimate of drug-likeness (QED) is 0.228. The third-order valence-corrected chi connectivity index (χ3v) is 7.17. The number of aryl methyl sites for hydroxylation is 2. The van der Waals surface area contributed by atoms with Gasteiger partial charge in [0.1, 0.15) is 23.7 Å². The van der Waals surface area contributed by atoms with Gasteiger partial charge in [0.15, 0.2) is 11.5 Å². The minimum Gasteiger partial charge on any atom is -0.507 e. The van der Waals surface area contributed by atoms with Crippen molar-refractivity contribution in [1.82, 2.24) is 15.1 Å². The zero-order chi connectivity index (χ0) is 27.7. The van der Waals surface area contributed by atoms with Crippen LogP contribution in [0.1, 0.15) is 51.3 Å². The van der Waals surface area contributed by atoms with E-state index in [0.29, 0.717) is 52.3 Å². The number of rotatable bonds is 9. The smallest absolute Gasteiger partial charge is 0.273 e. The highest BCUT2D eigenvalue weighted by molar-refractivity contribution is 6.31. The van der Waals surface area contributed by atoms with Crippen molar-refractivity contribution >= 4 is 17.5 Å². The van der Waals surface area contributed by atoms with E-state index in [1.807, 2.05) is 75.4 Å². The predicted octanol–water partition coefficient (Wildman–Crippen LogP) is 6.76. The number of halogens is 1. The Bertz CT molecular complexity index is 1560. The number of nitrogens with zero attached hydrogens (tertiary/aromatic N) is 2. The van der Waals surface area contributed by atoms with Gasteiger partial charge in [-0.15, -0.1) is 0 Å². The van der Waals surface area contributed by atoms with E-state index in [4.69, 9.17) is 21.1 Å². The van der Waals surface area contributed by atoms with Gasteiger partial charge in [-0.1, -0.05) is 54.6 Å². The highest BCUT2D eigenvalue weighted by Gasteiger charge is 2.43. The fourth-order valence-corrected chi connectivity index (χ4v) is 5.29. The van der Waals surface area contributed by atoms with E-state index in [9.17, 15) is 9.90 Å². The van der Waals surface area contributed by atoms with Crippen LogP contribution in [-0.2, 0) is 6.54 Å². The van der Waals surface area contributed by atoms with Crippen molar-refractivity contribution in [3.63, 3.8) is 0 Å². The Morgan fingerprint density at radius 3 is 2.67 bits per heavy atom. The molecule has 0 spiro atoms. The second-order valence-electron chi connectivity index (χ2n) is 9.50. The molecular weight excluding hydrogens is 514 g/mol. The third kappa shape index (κ3) is 4.86. The molecule has 4 aromatic rings. The maximum absolute atomic E-state index is 13.9. The fourth-order valence-electron chi connectivity index (χ4n) is 5.09. The Morgan fingerprint density at radius 1 is 1.13 bits per heavy atom. The summed E-state index contributed by atoms with van der Waals surface area (Å²) in [6.45, 7) is 10.5. The van der Waals surface area contributed by atoms with Gasteiger partial charge in [-0.05, 0) is 67.3 Å². The van der Waals surface area contributed by atoms with Crippen LogP contribution >= 0.6 is 11.6 Å². The molecule has 0 radical (unpaired) electrons. The van der Waals surface area contributed by atoms with Crippen LogP contribution in [-0.4, -0.2) is 39.3 Å². The highest BCUT2D eigenvalue weighted by atomic mass is 35.5. The number of aromatic nitrogens is 2. The number of aromatic amines is 1. The molecule has 0 bridgehead atoms. The summed E-state index contributed by atoms with van der Waals surface area (Å²) in [5.74, 6) is 1.08. The van der Waals surface area contributed by atoms with Crippen molar-refractivity contribution in [3.05, 3.63) is 106 Å². The molecule has 1 unspecified atom stereocenters. The SMILES string of the molecule is C=CCOc1ccc(C2c3c(-c4cc(C)cc(C)c4O)n[nH]c3C(=O)N2Cc2ccccc2Cl)cc1OCC. The summed E-state index contributed by atoms with van der Waals surface area (Å²) >= 11 is 6.51. The van der Waals surface area contributed by atoms with Gasteiger partial charge >= 0.3 is 0 Å². The average molecular weight is 544 g/mol. The molecule has 3 aromatic carbocycles. The van der Waals surface area contributed by atoms with E-state index in [1.54, 1.807) is 11.0 Å². The number of amides is 1. The van der Waals surface area contributed by atoms with Gasteiger partial charge in [-0.25, -0.2) is 0 Å². The van der Waals surface area contributed by atoms with Gasteiger partial charge in [-0.2, -0.15) is 5.10 Å². The van der Waals surface area contributed by atoms with Crippen molar-refractivity contribution < 1.29 is 19.4 Å². The second-order valence-corrected chi connectivity index (χ2v) is 9.91. The minimum absolute atomic E-state index is 0.133. The number of nitrogens with one attached hydrogen (secondary N) is 1. The Balaban J connectivity index is 1.69. The number of fused-ring (bicyclic) bond motifs is 1. The summed E-state index contributed by atoms with van der Waals surface area (Å²) in [5.41, 5.74) is 5.52. The van der Waals surface area contributed by atoms with Gasteiger partial charge in [0.2, 0.25) is 0 Å². The molecule has 8 heteroatoms. The highest BCUT2D eigenvalue weighted by Crippen LogP contribution is 2.47. The van der Waals surface area contributed by atoms with Crippen molar-refractivity contribution in [2.24, 2.45) is 0 Å². The lowest BCUT2D eigenvalue weighted by Crippen LogP contribution is -2.29. The Kier molecular flexibility index (Phi) is 7.35. The molecule has 0 saturated carbocycles. The van der Waals surface area contributed by atoms with Gasteiger partial charge in [-0.3, -0.25) is 9.89 Å². The molecule has 7 nitrogen and oxygen atoms in total. The van der Waals surface area contributed by atoms with Gasteiger partial charge in [0.05, 0.1) is 12.6 Å². The number of benzene rings is 3. The van der Waals surface area contributed by atoms with Crippen molar-refractivity contribution in [2.45, 2.75) is 33.4 Å². The number of H-pyrrole nitrogens is 1. The molecule has 1 aliphatic heterocycles. The third-order valence-electron chi connectivity index (χ3n) is 6.80. The molecule has 0 fully saturated rings. The Hall–Kier alpha value is -4.23. The summed E-state index contributed by atoms with van der Waals surface area (Å²) < 4.78 is 11.7. The molecule has 0 aliphatic carbocycles. The first-order valence-corrected chi connectivity index (χ1v) is 13.2. The van der Waals surface area contributed by atoms with E-state index in [0.717, 1.165) is 22.3 Å². The van der Waals surface area contributed by atoms with E-state index in [1.165, 1.54) is 0 Å². The summed E-state index contributed by atoms with van der Waals surface area (Å²) in [6, 6.07) is 16.4. The summed E-state index contributed by atoms with van der Waals surface area (Å²) in [5, 5.41) is 19.1. The lowest BCUT2D eigenvalue weighted by Gasteiger charge is -2.27. The molecule has 2 heterocycles. The number of hydrogen-bond donors (Lipinski definition) is 2. The minimum atomic E-state index is -0.523. The van der Waals surface area contributed by atoms with Crippen LogP contribution in [0.25, 0.3) is 11.3 Å². The number of phenolic OH excluding ortho intramolecular Hbond substituents is 1. The van der Waals surface area contributed by atoms with Crippen LogP contribution in [0.15, 0.2) is 67.3 Å². The molecule has 0 saturated heterocycles. The average Bonchev–Trinajstić information content (AvgIpc) is 3.46. The lowest BCUT2D eigenvalue weighted by atomic mass is 9.93. The Labute approximate surface area is 232 Å². The van der Waals surface area contributed by atoms with Crippen LogP contribution in [0.3, 0.4) is 0 Å². The van der Waals surface area contributed by atoms with E-state index in [-0.39, 0.29) is 18.2 Å². The number of phenols is 1. The topological polar surface area (TPSA) is 87.7 Å². The normalized spacial score (nSPS) is 14.4. The van der Waals surface area contributed by atoms with E-state index < -0.39 is 6.04 Å². The molecule has 1 atom stereocenters. The van der Waals surface area contributed by atoms with Crippen molar-refractivity contribution in [1.29, 1.82) is 0 Å². The maximum Gasteiger partial charge on any atom is 0.273 e. The van der Waals surface area contributed by atoms with Crippen LogP contribution in [0.2, 0.25) is 5.02 Å². The Morgan fingerprint density at radius 2 is 1.92 bits per heavy atom. The largest absolute Gasteiger partial charge is 0.507 e. The summed E-state index contributed by atoms with van der Waals surface area (Å²) in [6.07, 6.45) is 1.67. The summed E-state index contributed by atoms with van der Waals surface area (Å²) in [7, 11) is 0. The van der Waals surface area contributed by atoms with Crippen LogP contribution in [0.5, 0.6) is 17.2 Å². The molecule has 1 aliphatic rings. The number of carbonyl (C=O) groups excluding carboxylic acids is 1. The van der Waals surface area contributed by atoms with Crippen molar-refractivity contribution in [3.8, 4) is 28.5 Å². The molecular formula is C31H30ClN3O4. The molecule has 5 rings (SSSR count). The molecule has 1 aromatic heterocycles. The monoisotopic (exact) mass is 543 g/mol. The zero-order valence-corrected chi connectivity index (χ0v) is 22.9. The van der Waals surface area contributed by atoms with E-state index in [2.05, 4.69) is 16.8 Å². The van der Waals surface area contributed by atoms with Crippen molar-refractivity contribution in [2.75, 3.05) is 13.2 Å². The molecule has 1 amide bonds. The standard InChI is InChI=1S/C31H30ClN3O4/c1-5-13-39-24-12-11-20(16-25(24)38-6-2)29-26-27(22-15-18(3)14-19(4)30(22)36)33-34-28(26)31(37)35(29)17-21-9-7-8-10-23(21)32/h5,7-12,14-16,29,36H,1,6,13,17H2,2-4H3,(H,33,34). The summed E-state index contributed by atoms with van der Waals surface area (Å²) in [4.78, 5) is 15.6. The van der Waals surface area contributed by atoms with Crippen LogP contribution in [0, 0.1) is 13.8 Å². The molecule has 200 valence electrons. The van der Waals surface area contributed by atoms with Crippen LogP contribution < -0.4 is 9.47 Å². The maximum atomic E-state index is 13.9. The number of ether oxygens (including phenoxy) is 2. The van der Waals surface area contributed by atoms with Crippen LogP contribution in [0.4, 0.5) is 0 Å². The van der Waals surface area contributed by atoms with Gasteiger partial charge < -0.3 is 19.5 Å². The second kappa shape index (κ2) is 10.9. The number of aromatic hydroxyl groups is 1. The number of carbonyl (C=O) groups is 1. The van der Waals surface area contributed by atoms with E-state index >= 15 is 0 Å². The predicted molar refractivity (Wildman–Crippen MR) is 152 cm³/mol. The molecule has 2 N–H and O–H groups in total. The first kappa shape index (κ1) is 26.4. The fraction of sp³-hybridized carbons (Fsp3) is 0.226. The molecule has 39 heavy (non-hydrogen) atoms. The van der Waals surface area contributed by atoms with Gasteiger partial charge in [0, 0.05) is 22.7 Å². The first-order valence-electron chi connectivity index (χ1n) is 12.8. The zero-order valence-electron chi connectivity index (χ0n) is 22.1. The first-order chi connectivity index (χ1) is 18.8. The lowest BCUT2D eigenvalue weighted by molar-refractivity contribution is 0.0730.